The first-order valence-electron chi connectivity index (χ1n) is 7.61. The number of aliphatic hydroxyl groups is 1. The molecule has 1 heterocycles. The first-order valence-corrected chi connectivity index (χ1v) is 7.61. The molecule has 2 aliphatic rings. The predicted molar refractivity (Wildman–Crippen MR) is 83.1 cm³/mol. The van der Waals surface area contributed by atoms with Crippen LogP contribution in [0, 0.1) is 5.41 Å². The van der Waals surface area contributed by atoms with Gasteiger partial charge in [0.15, 0.2) is 23.4 Å². The van der Waals surface area contributed by atoms with Gasteiger partial charge in [-0.1, -0.05) is 20.8 Å². The van der Waals surface area contributed by atoms with Gasteiger partial charge in [0, 0.05) is 24.7 Å². The number of halogens is 1. The third-order valence-corrected chi connectivity index (χ3v) is 3.52. The number of hydrogen-bond acceptors (Lipinski definition) is 5. The van der Waals surface area contributed by atoms with E-state index in [1.165, 1.54) is 0 Å². The molecule has 0 radical (unpaired) electrons. The average molecular weight is 323 g/mol. The number of alkyl halides is 1. The molecule has 1 N–H and O–H groups in total. The lowest BCUT2D eigenvalue weighted by molar-refractivity contribution is -0.140. The van der Waals surface area contributed by atoms with Gasteiger partial charge in [-0.05, 0) is 24.0 Å². The quantitative estimate of drug-likeness (QED) is 0.809. The van der Waals surface area contributed by atoms with Crippen LogP contribution in [-0.2, 0) is 14.3 Å². The van der Waals surface area contributed by atoms with E-state index >= 15 is 0 Å². The molecular weight excluding hydrogens is 301 g/mol. The highest BCUT2D eigenvalue weighted by molar-refractivity contribution is 5.94. The fraction of sp³-hybridized carbons (Fsp3) is 0.529. The molecule has 6 heteroatoms. The van der Waals surface area contributed by atoms with Crippen molar-refractivity contribution in [3.05, 3.63) is 34.9 Å². The van der Waals surface area contributed by atoms with E-state index in [1.807, 2.05) is 20.8 Å². The number of ether oxygens (including phenoxy) is 1. The van der Waals surface area contributed by atoms with Crippen LogP contribution in [0.4, 0.5) is 4.39 Å². The van der Waals surface area contributed by atoms with Gasteiger partial charge in [-0.3, -0.25) is 4.79 Å². The zero-order valence-electron chi connectivity index (χ0n) is 13.9. The summed E-state index contributed by atoms with van der Waals surface area (Å²) in [5.74, 6) is -1.55. The maximum Gasteiger partial charge on any atom is 0.358 e. The molecule has 0 spiro atoms. The highest BCUT2D eigenvalue weighted by Crippen LogP contribution is 2.36. The van der Waals surface area contributed by atoms with Crippen LogP contribution in [0.5, 0.6) is 0 Å². The summed E-state index contributed by atoms with van der Waals surface area (Å²) < 4.78 is 18.7. The van der Waals surface area contributed by atoms with Crippen molar-refractivity contribution in [3.63, 3.8) is 0 Å². The third kappa shape index (κ3) is 3.63. The van der Waals surface area contributed by atoms with E-state index < -0.39 is 17.9 Å². The van der Waals surface area contributed by atoms with Crippen LogP contribution in [0.25, 0.3) is 0 Å². The summed E-state index contributed by atoms with van der Waals surface area (Å²) in [5, 5.41) is 10.5. The van der Waals surface area contributed by atoms with Crippen LogP contribution in [-0.4, -0.2) is 41.1 Å². The van der Waals surface area contributed by atoms with Crippen molar-refractivity contribution >= 4 is 11.8 Å². The molecule has 0 aromatic rings. The van der Waals surface area contributed by atoms with E-state index in [9.17, 15) is 19.1 Å². The van der Waals surface area contributed by atoms with Crippen LogP contribution in [0.3, 0.4) is 0 Å². The Balaban J connectivity index is 2.51. The number of allylic oxidation sites excluding steroid dienone is 2. The molecule has 5 nitrogen and oxygen atoms in total. The molecule has 0 fully saturated rings. The summed E-state index contributed by atoms with van der Waals surface area (Å²) in [6.07, 6.45) is 0.823. The second kappa shape index (κ2) is 6.18. The molecule has 0 saturated heterocycles. The van der Waals surface area contributed by atoms with Crippen molar-refractivity contribution in [2.24, 2.45) is 5.41 Å². The van der Waals surface area contributed by atoms with Gasteiger partial charge >= 0.3 is 5.97 Å². The van der Waals surface area contributed by atoms with Crippen molar-refractivity contribution in [2.45, 2.75) is 40.3 Å². The van der Waals surface area contributed by atoms with Gasteiger partial charge in [0.1, 0.15) is 0 Å². The van der Waals surface area contributed by atoms with Crippen molar-refractivity contribution in [2.75, 3.05) is 13.2 Å². The number of fused-ring (bicyclic) bond motifs is 1. The molecule has 1 unspecified atom stereocenters. The summed E-state index contributed by atoms with van der Waals surface area (Å²) in [6.45, 7) is 8.23. The van der Waals surface area contributed by atoms with Crippen LogP contribution < -0.4 is 0 Å². The molecule has 1 aliphatic heterocycles. The molecule has 0 bridgehead atoms. The Hall–Kier alpha value is -2.11. The van der Waals surface area contributed by atoms with Gasteiger partial charge in [0.05, 0.1) is 6.61 Å². The van der Waals surface area contributed by atoms with Crippen molar-refractivity contribution in [1.29, 1.82) is 0 Å². The number of esters is 1. The third-order valence-electron chi connectivity index (χ3n) is 3.52. The average Bonchev–Trinajstić information content (AvgIpc) is 2.40. The predicted octanol–water partition coefficient (Wildman–Crippen LogP) is 2.80. The SMILES string of the molecule is CCOC(=O)C1=C(O)C2=CC(F)C(=O)CC2=CN1CC(C)(C)C. The van der Waals surface area contributed by atoms with Crippen LogP contribution in [0.2, 0.25) is 0 Å². The maximum atomic E-state index is 13.6. The Kier molecular flexibility index (Phi) is 4.63. The summed E-state index contributed by atoms with van der Waals surface area (Å²) in [6, 6.07) is 0. The Labute approximate surface area is 135 Å². The van der Waals surface area contributed by atoms with Crippen molar-refractivity contribution < 1.29 is 23.8 Å². The maximum absolute atomic E-state index is 13.6. The number of Topliss-reactive ketones (excluding diaryl/α,β-unsaturated/α-hetero) is 1. The molecule has 0 amide bonds. The largest absolute Gasteiger partial charge is 0.505 e. The first kappa shape index (κ1) is 17.2. The van der Waals surface area contributed by atoms with E-state index in [1.54, 1.807) is 18.0 Å². The van der Waals surface area contributed by atoms with E-state index in [4.69, 9.17) is 4.74 Å². The van der Waals surface area contributed by atoms with E-state index in [-0.39, 0.29) is 35.5 Å². The second-order valence-corrected chi connectivity index (χ2v) is 6.89. The Morgan fingerprint density at radius 2 is 2.13 bits per heavy atom. The van der Waals surface area contributed by atoms with Crippen molar-refractivity contribution in [3.8, 4) is 0 Å². The molecule has 0 aromatic heterocycles. The van der Waals surface area contributed by atoms with Gasteiger partial charge in [-0.2, -0.15) is 0 Å². The Bertz CT molecular complexity index is 625. The fourth-order valence-corrected chi connectivity index (χ4v) is 2.64. The number of ketones is 1. The molecule has 0 saturated carbocycles. The second-order valence-electron chi connectivity index (χ2n) is 6.89. The smallest absolute Gasteiger partial charge is 0.358 e. The lowest BCUT2D eigenvalue weighted by Gasteiger charge is -2.35. The van der Waals surface area contributed by atoms with E-state index in [0.29, 0.717) is 12.1 Å². The molecule has 23 heavy (non-hydrogen) atoms. The van der Waals surface area contributed by atoms with E-state index in [2.05, 4.69) is 0 Å². The minimum Gasteiger partial charge on any atom is -0.505 e. The van der Waals surface area contributed by atoms with Gasteiger partial charge in [0.2, 0.25) is 0 Å². The van der Waals surface area contributed by atoms with E-state index in [0.717, 1.165) is 6.08 Å². The minimum atomic E-state index is -1.76. The van der Waals surface area contributed by atoms with Crippen LogP contribution in [0.1, 0.15) is 34.1 Å². The zero-order chi connectivity index (χ0) is 17.4. The molecule has 0 aromatic carbocycles. The van der Waals surface area contributed by atoms with Gasteiger partial charge < -0.3 is 14.7 Å². The highest BCUT2D eigenvalue weighted by atomic mass is 19.1. The van der Waals surface area contributed by atoms with Crippen molar-refractivity contribution in [1.82, 2.24) is 4.90 Å². The normalized spacial score (nSPS) is 21.7. The monoisotopic (exact) mass is 323 g/mol. The van der Waals surface area contributed by atoms with Gasteiger partial charge in [-0.15, -0.1) is 0 Å². The molecular formula is C17H22FNO4. The summed E-state index contributed by atoms with van der Waals surface area (Å²) in [7, 11) is 0. The van der Waals surface area contributed by atoms with Gasteiger partial charge in [-0.25, -0.2) is 9.18 Å². The van der Waals surface area contributed by atoms with Crippen LogP contribution in [0.15, 0.2) is 34.9 Å². The fourth-order valence-electron chi connectivity index (χ4n) is 2.64. The Morgan fingerprint density at radius 3 is 2.70 bits per heavy atom. The molecule has 126 valence electrons. The summed E-state index contributed by atoms with van der Waals surface area (Å²) in [4.78, 5) is 25.4. The molecule has 2 rings (SSSR count). The molecule has 1 aliphatic carbocycles. The van der Waals surface area contributed by atoms with Gasteiger partial charge in [0.25, 0.3) is 0 Å². The zero-order valence-corrected chi connectivity index (χ0v) is 13.9. The number of carbonyl (C=O) groups excluding carboxylic acids is 2. The topological polar surface area (TPSA) is 66.8 Å². The lowest BCUT2D eigenvalue weighted by atomic mass is 9.87. The van der Waals surface area contributed by atoms with Crippen LogP contribution >= 0.6 is 0 Å². The molecule has 1 atom stereocenters. The lowest BCUT2D eigenvalue weighted by Crippen LogP contribution is -2.37. The number of carbonyl (C=O) groups is 2. The summed E-state index contributed by atoms with van der Waals surface area (Å²) >= 11 is 0. The minimum absolute atomic E-state index is 0.0154. The number of rotatable bonds is 3. The standard InChI is InChI=1S/C17H22FNO4/c1-5-23-16(22)14-15(21)11-7-12(18)13(20)6-10(11)8-19(14)9-17(2,3)4/h7-8,12,21H,5-6,9H2,1-4H3. The highest BCUT2D eigenvalue weighted by Gasteiger charge is 2.36. The first-order chi connectivity index (χ1) is 10.6. The number of hydrogen-bond donors (Lipinski definition) is 1. The summed E-state index contributed by atoms with van der Waals surface area (Å²) in [5.41, 5.74) is 0.528. The Morgan fingerprint density at radius 1 is 1.48 bits per heavy atom. The number of nitrogens with zero attached hydrogens (tertiary/aromatic N) is 1. The number of aliphatic hydroxyl groups excluding tert-OH is 1.